The molecular weight excluding hydrogens is 321 g/mol. The predicted octanol–water partition coefficient (Wildman–Crippen LogP) is 3.89. The summed E-state index contributed by atoms with van der Waals surface area (Å²) in [6.45, 7) is 9.62. The van der Waals surface area contributed by atoms with Gasteiger partial charge in [-0.2, -0.15) is 0 Å². The summed E-state index contributed by atoms with van der Waals surface area (Å²) >= 11 is -1.58. The van der Waals surface area contributed by atoms with Crippen LogP contribution in [0.1, 0.15) is 27.7 Å². The summed E-state index contributed by atoms with van der Waals surface area (Å²) in [6, 6.07) is 0. The minimum Gasteiger partial charge on any atom is 0 e. The third-order valence-electron chi connectivity index (χ3n) is 4.24. The first-order valence-electron chi connectivity index (χ1n) is 4.83. The van der Waals surface area contributed by atoms with Gasteiger partial charge in [0.05, 0.1) is 0 Å². The van der Waals surface area contributed by atoms with Crippen molar-refractivity contribution >= 4 is 0 Å². The van der Waals surface area contributed by atoms with Crippen LogP contribution in [0.25, 0.3) is 0 Å². The van der Waals surface area contributed by atoms with E-state index in [2.05, 4.69) is 27.7 Å². The van der Waals surface area contributed by atoms with E-state index in [0.717, 1.165) is 0 Å². The minimum absolute atomic E-state index is 0. The van der Waals surface area contributed by atoms with Crippen LogP contribution in [-0.2, 0) is 48.5 Å². The molecule has 0 atom stereocenters. The molecule has 0 nitrogen and oxygen atoms in total. The van der Waals surface area contributed by atoms with Gasteiger partial charge in [0.15, 0.2) is 0 Å². The Morgan fingerprint density at radius 3 is 0.900 bits per heavy atom. The van der Waals surface area contributed by atoms with Crippen LogP contribution in [-0.4, -0.2) is 0 Å². The summed E-state index contributed by atoms with van der Waals surface area (Å²) in [4.78, 5) is 0. The second kappa shape index (κ2) is 7.49. The zero-order valence-corrected chi connectivity index (χ0v) is 16.3. The molecule has 0 aliphatic carbocycles. The molecule has 0 aromatic rings. The molecule has 0 aliphatic heterocycles. The molecule has 0 radical (unpaired) electrons. The van der Waals surface area contributed by atoms with Crippen molar-refractivity contribution in [2.24, 2.45) is 0 Å². The van der Waals surface area contributed by atoms with Crippen molar-refractivity contribution in [3.8, 4) is 0 Å². The standard InChI is InChI=1S/4C2H5.2Cd/c4*1-2;;/h4*1H2,2H3;;. The van der Waals surface area contributed by atoms with E-state index in [0.29, 0.717) is 0 Å². The van der Waals surface area contributed by atoms with E-state index in [1.807, 2.05) is 0 Å². The Hall–Kier alpha value is 1.84. The largest absolute Gasteiger partial charge is 0 e. The SMILES string of the molecule is C[CH2][Cd]([CH2]C)([CH2]C)[CH2]C.[Cd]. The Bertz CT molecular complexity index is 50.1. The summed E-state index contributed by atoms with van der Waals surface area (Å²) < 4.78 is 6.30. The zero-order chi connectivity index (χ0) is 7.33. The Morgan fingerprint density at radius 1 is 0.700 bits per heavy atom. The maximum absolute atomic E-state index is 2.40. The molecule has 56 valence electrons. The van der Waals surface area contributed by atoms with Gasteiger partial charge in [0.2, 0.25) is 0 Å². The van der Waals surface area contributed by atoms with Crippen LogP contribution in [0.15, 0.2) is 0 Å². The summed E-state index contributed by atoms with van der Waals surface area (Å²) in [7, 11) is 0. The van der Waals surface area contributed by atoms with E-state index in [9.17, 15) is 0 Å². The molecule has 0 fully saturated rings. The third-order valence-corrected chi connectivity index (χ3v) is 28.5. The van der Waals surface area contributed by atoms with Gasteiger partial charge in [-0.3, -0.25) is 0 Å². The summed E-state index contributed by atoms with van der Waals surface area (Å²) in [5, 5.41) is 0. The fourth-order valence-corrected chi connectivity index (χ4v) is 14.2. The number of rotatable bonds is 4. The maximum atomic E-state index is 2.40. The van der Waals surface area contributed by atoms with Crippen LogP contribution in [0.5, 0.6) is 0 Å². The van der Waals surface area contributed by atoms with Crippen molar-refractivity contribution in [2.45, 2.75) is 43.6 Å². The molecule has 0 amide bonds. The Labute approximate surface area is 91.0 Å². The van der Waals surface area contributed by atoms with Gasteiger partial charge in [-0.1, -0.05) is 0 Å². The van der Waals surface area contributed by atoms with Crippen LogP contribution >= 0.6 is 0 Å². The van der Waals surface area contributed by atoms with Crippen LogP contribution < -0.4 is 0 Å². The van der Waals surface area contributed by atoms with Gasteiger partial charge in [0, 0.05) is 27.3 Å². The van der Waals surface area contributed by atoms with Gasteiger partial charge >= 0.3 is 64.8 Å². The second-order valence-electron chi connectivity index (χ2n) is 4.12. The van der Waals surface area contributed by atoms with E-state index in [4.69, 9.17) is 0 Å². The van der Waals surface area contributed by atoms with Gasteiger partial charge in [-0.25, -0.2) is 0 Å². The Balaban J connectivity index is 0. The molecule has 0 bridgehead atoms. The van der Waals surface area contributed by atoms with Gasteiger partial charge in [-0.05, 0) is 0 Å². The molecule has 2 heteroatoms. The molecule has 0 saturated carbocycles. The van der Waals surface area contributed by atoms with E-state index in [1.54, 1.807) is 15.9 Å². The molecule has 0 rings (SSSR count). The van der Waals surface area contributed by atoms with Gasteiger partial charge in [-0.15, -0.1) is 0 Å². The molecule has 0 unspecified atom stereocenters. The molecule has 0 spiro atoms. The minimum atomic E-state index is -1.58. The monoisotopic (exact) mass is 344 g/mol. The van der Waals surface area contributed by atoms with Crippen LogP contribution in [0.4, 0.5) is 0 Å². The van der Waals surface area contributed by atoms with Gasteiger partial charge in [0.25, 0.3) is 0 Å². The molecule has 0 aliphatic rings. The van der Waals surface area contributed by atoms with Crippen LogP contribution in [0.2, 0.25) is 15.9 Å². The number of hydrogen-bond acceptors (Lipinski definition) is 0. The smallest absolute Gasteiger partial charge is 0 e. The summed E-state index contributed by atoms with van der Waals surface area (Å²) in [5.74, 6) is 0. The van der Waals surface area contributed by atoms with Crippen molar-refractivity contribution in [1.29, 1.82) is 0 Å². The van der Waals surface area contributed by atoms with E-state index in [-0.39, 0.29) is 27.3 Å². The van der Waals surface area contributed by atoms with E-state index >= 15 is 0 Å². The maximum Gasteiger partial charge on any atom is 0 e. The molecular formula is C8H20Cd2. The van der Waals surface area contributed by atoms with Crippen LogP contribution in [0, 0.1) is 0 Å². The zero-order valence-electron chi connectivity index (χ0n) is 8.24. The van der Waals surface area contributed by atoms with Crippen molar-refractivity contribution < 1.29 is 48.5 Å². The third kappa shape index (κ3) is 4.02. The quantitative estimate of drug-likeness (QED) is 0.681. The first kappa shape index (κ1) is 14.4. The fourth-order valence-electron chi connectivity index (χ4n) is 2.12. The normalized spacial score (nSPS) is 9.20. The van der Waals surface area contributed by atoms with Gasteiger partial charge < -0.3 is 0 Å². The second-order valence-corrected chi connectivity index (χ2v) is 27.6. The van der Waals surface area contributed by atoms with Crippen molar-refractivity contribution in [2.75, 3.05) is 0 Å². The summed E-state index contributed by atoms with van der Waals surface area (Å²) in [5.41, 5.74) is 0. The average molecular weight is 341 g/mol. The molecule has 10 heavy (non-hydrogen) atoms. The number of hydrogen-bond donors (Lipinski definition) is 0. The van der Waals surface area contributed by atoms with E-state index < -0.39 is 21.2 Å². The summed E-state index contributed by atoms with van der Waals surface area (Å²) in [6.07, 6.45) is 0. The van der Waals surface area contributed by atoms with Crippen molar-refractivity contribution in [3.63, 3.8) is 0 Å². The first-order chi connectivity index (χ1) is 4.24. The fraction of sp³-hybridized carbons (Fsp3) is 1.00. The molecule has 0 heterocycles. The molecule has 0 aromatic carbocycles. The van der Waals surface area contributed by atoms with E-state index in [1.165, 1.54) is 0 Å². The average Bonchev–Trinajstić information content (AvgIpc) is 1.95. The van der Waals surface area contributed by atoms with Crippen molar-refractivity contribution in [3.05, 3.63) is 0 Å². The molecule has 0 saturated heterocycles. The van der Waals surface area contributed by atoms with Crippen LogP contribution in [0.3, 0.4) is 0 Å². The predicted molar refractivity (Wildman–Crippen MR) is 41.9 cm³/mol. The Kier molecular flexibility index (Phi) is 10.8. The topological polar surface area (TPSA) is 0 Å². The first-order valence-corrected chi connectivity index (χ1v) is 16.2. The molecule has 0 N–H and O–H groups in total. The Morgan fingerprint density at radius 2 is 0.900 bits per heavy atom. The van der Waals surface area contributed by atoms with Gasteiger partial charge in [0.1, 0.15) is 0 Å². The van der Waals surface area contributed by atoms with Crippen molar-refractivity contribution in [1.82, 2.24) is 0 Å². The molecule has 0 aromatic heterocycles.